The lowest BCUT2D eigenvalue weighted by atomic mass is 10.2. The third kappa shape index (κ3) is 4.31. The Bertz CT molecular complexity index is 335. The minimum atomic E-state index is -0.0783. The number of anilines is 1. The molecule has 16 heavy (non-hydrogen) atoms. The number of benzene rings is 1. The Morgan fingerprint density at radius 1 is 1.44 bits per heavy atom. The van der Waals surface area contributed by atoms with Crippen LogP contribution < -0.4 is 15.8 Å². The molecule has 1 amide bonds. The number of hydrogen-bond donors (Lipinski definition) is 2. The van der Waals surface area contributed by atoms with Gasteiger partial charge in [0.15, 0.2) is 0 Å². The Hall–Kier alpha value is -1.55. The molecule has 1 aromatic rings. The smallest absolute Gasteiger partial charge is 0.221 e. The van der Waals surface area contributed by atoms with E-state index in [4.69, 9.17) is 10.5 Å². The molecule has 0 saturated heterocycles. The van der Waals surface area contributed by atoms with Crippen molar-refractivity contribution in [3.05, 3.63) is 24.3 Å². The zero-order chi connectivity index (χ0) is 12.0. The van der Waals surface area contributed by atoms with Crippen LogP contribution >= 0.6 is 0 Å². The number of nitrogens with two attached hydrogens (primary N) is 1. The first-order valence-corrected chi connectivity index (χ1v) is 5.32. The van der Waals surface area contributed by atoms with E-state index in [0.29, 0.717) is 19.1 Å². The Morgan fingerprint density at radius 3 is 2.56 bits per heavy atom. The molecular formula is C12H18N2O2. The maximum Gasteiger partial charge on any atom is 0.221 e. The lowest BCUT2D eigenvalue weighted by Gasteiger charge is -2.11. The van der Waals surface area contributed by atoms with Crippen LogP contribution in [0.25, 0.3) is 0 Å². The van der Waals surface area contributed by atoms with Gasteiger partial charge in [-0.3, -0.25) is 4.79 Å². The molecular weight excluding hydrogens is 204 g/mol. The van der Waals surface area contributed by atoms with Gasteiger partial charge in [0.1, 0.15) is 5.75 Å². The molecule has 0 radical (unpaired) electrons. The molecule has 4 nitrogen and oxygen atoms in total. The fourth-order valence-corrected chi connectivity index (χ4v) is 1.14. The fraction of sp³-hybridized carbons (Fsp3) is 0.417. The minimum Gasteiger partial charge on any atom is -0.493 e. The number of nitrogens with one attached hydrogen (secondary N) is 1. The van der Waals surface area contributed by atoms with Crippen molar-refractivity contribution in [2.75, 3.05) is 18.5 Å². The Labute approximate surface area is 95.8 Å². The monoisotopic (exact) mass is 222 g/mol. The van der Waals surface area contributed by atoms with Crippen molar-refractivity contribution >= 4 is 11.6 Å². The lowest BCUT2D eigenvalue weighted by Crippen LogP contribution is -2.18. The van der Waals surface area contributed by atoms with Gasteiger partial charge in [0, 0.05) is 18.5 Å². The molecule has 1 atom stereocenters. The molecule has 1 aromatic carbocycles. The van der Waals surface area contributed by atoms with Gasteiger partial charge in [-0.25, -0.2) is 0 Å². The van der Waals surface area contributed by atoms with Crippen molar-refractivity contribution in [2.45, 2.75) is 13.8 Å². The largest absolute Gasteiger partial charge is 0.493 e. The van der Waals surface area contributed by atoms with Crippen LogP contribution in [0.3, 0.4) is 0 Å². The number of carbonyl (C=O) groups is 1. The summed E-state index contributed by atoms with van der Waals surface area (Å²) in [4.78, 5) is 10.8. The highest BCUT2D eigenvalue weighted by molar-refractivity contribution is 5.88. The summed E-state index contributed by atoms with van der Waals surface area (Å²) in [7, 11) is 0. The maximum atomic E-state index is 10.8. The first-order chi connectivity index (χ1) is 7.61. The van der Waals surface area contributed by atoms with E-state index in [2.05, 4.69) is 5.32 Å². The highest BCUT2D eigenvalue weighted by Gasteiger charge is 2.01. The third-order valence-electron chi connectivity index (χ3n) is 2.11. The molecule has 0 heterocycles. The molecule has 0 aliphatic carbocycles. The number of carbonyl (C=O) groups excluding carboxylic acids is 1. The van der Waals surface area contributed by atoms with Crippen LogP contribution in [0.5, 0.6) is 5.75 Å². The predicted molar refractivity (Wildman–Crippen MR) is 64.5 cm³/mol. The van der Waals surface area contributed by atoms with E-state index in [9.17, 15) is 4.79 Å². The summed E-state index contributed by atoms with van der Waals surface area (Å²) in [6.45, 7) is 4.74. The standard InChI is InChI=1S/C12H18N2O2/c1-9(7-13)8-16-12-5-3-11(4-6-12)14-10(2)15/h3-6,9H,7-8,13H2,1-2H3,(H,14,15). The summed E-state index contributed by atoms with van der Waals surface area (Å²) in [5.74, 6) is 1.05. The molecule has 0 saturated carbocycles. The van der Waals surface area contributed by atoms with Crippen LogP contribution in [0, 0.1) is 5.92 Å². The molecule has 88 valence electrons. The van der Waals surface area contributed by atoms with Gasteiger partial charge in [-0.1, -0.05) is 6.92 Å². The van der Waals surface area contributed by atoms with Gasteiger partial charge < -0.3 is 15.8 Å². The van der Waals surface area contributed by atoms with Crippen molar-refractivity contribution in [3.8, 4) is 5.75 Å². The second-order valence-corrected chi connectivity index (χ2v) is 3.86. The van der Waals surface area contributed by atoms with Crippen LogP contribution in [0.1, 0.15) is 13.8 Å². The van der Waals surface area contributed by atoms with Crippen LogP contribution in [0.15, 0.2) is 24.3 Å². The van der Waals surface area contributed by atoms with Gasteiger partial charge in [-0.05, 0) is 30.8 Å². The average molecular weight is 222 g/mol. The normalized spacial score (nSPS) is 11.9. The second-order valence-electron chi connectivity index (χ2n) is 3.86. The first-order valence-electron chi connectivity index (χ1n) is 5.32. The SMILES string of the molecule is CC(=O)Nc1ccc(OCC(C)CN)cc1. The number of hydrogen-bond acceptors (Lipinski definition) is 3. The van der Waals surface area contributed by atoms with Crippen LogP contribution in [-0.2, 0) is 4.79 Å². The summed E-state index contributed by atoms with van der Waals surface area (Å²) in [5.41, 5.74) is 6.26. The van der Waals surface area contributed by atoms with Crippen molar-refractivity contribution in [1.82, 2.24) is 0 Å². The van der Waals surface area contributed by atoms with Crippen molar-refractivity contribution in [3.63, 3.8) is 0 Å². The maximum absolute atomic E-state index is 10.8. The number of rotatable bonds is 5. The van der Waals surface area contributed by atoms with E-state index in [1.807, 2.05) is 31.2 Å². The van der Waals surface area contributed by atoms with Gasteiger partial charge in [-0.15, -0.1) is 0 Å². The molecule has 0 aliphatic rings. The molecule has 1 rings (SSSR count). The van der Waals surface area contributed by atoms with Gasteiger partial charge in [0.25, 0.3) is 0 Å². The second kappa shape index (κ2) is 6.12. The van der Waals surface area contributed by atoms with E-state index >= 15 is 0 Å². The van der Waals surface area contributed by atoms with Crippen molar-refractivity contribution < 1.29 is 9.53 Å². The van der Waals surface area contributed by atoms with E-state index in [-0.39, 0.29) is 5.91 Å². The van der Waals surface area contributed by atoms with Gasteiger partial charge in [0.05, 0.1) is 6.61 Å². The van der Waals surface area contributed by atoms with Gasteiger partial charge in [0.2, 0.25) is 5.91 Å². The van der Waals surface area contributed by atoms with E-state index in [0.717, 1.165) is 11.4 Å². The zero-order valence-corrected chi connectivity index (χ0v) is 9.69. The molecule has 0 fully saturated rings. The van der Waals surface area contributed by atoms with E-state index in [1.165, 1.54) is 6.92 Å². The first kappa shape index (κ1) is 12.5. The van der Waals surface area contributed by atoms with Crippen LogP contribution in [-0.4, -0.2) is 19.1 Å². The van der Waals surface area contributed by atoms with Gasteiger partial charge in [-0.2, -0.15) is 0 Å². The summed E-state index contributed by atoms with van der Waals surface area (Å²) in [5, 5.41) is 2.69. The predicted octanol–water partition coefficient (Wildman–Crippen LogP) is 1.62. The van der Waals surface area contributed by atoms with Crippen molar-refractivity contribution in [2.24, 2.45) is 11.7 Å². The fourth-order valence-electron chi connectivity index (χ4n) is 1.14. The third-order valence-corrected chi connectivity index (χ3v) is 2.11. The van der Waals surface area contributed by atoms with Gasteiger partial charge >= 0.3 is 0 Å². The average Bonchev–Trinajstić information content (AvgIpc) is 2.27. The van der Waals surface area contributed by atoms with E-state index in [1.54, 1.807) is 0 Å². The Kier molecular flexibility index (Phi) is 4.79. The number of amides is 1. The molecule has 0 bridgehead atoms. The Morgan fingerprint density at radius 2 is 2.06 bits per heavy atom. The summed E-state index contributed by atoms with van der Waals surface area (Å²) < 4.78 is 5.53. The molecule has 4 heteroatoms. The zero-order valence-electron chi connectivity index (χ0n) is 9.69. The van der Waals surface area contributed by atoms with Crippen molar-refractivity contribution in [1.29, 1.82) is 0 Å². The van der Waals surface area contributed by atoms with Crippen LogP contribution in [0.2, 0.25) is 0 Å². The minimum absolute atomic E-state index is 0.0783. The molecule has 0 aliphatic heterocycles. The molecule has 3 N–H and O–H groups in total. The summed E-state index contributed by atoms with van der Waals surface area (Å²) >= 11 is 0. The number of ether oxygens (including phenoxy) is 1. The molecule has 0 spiro atoms. The lowest BCUT2D eigenvalue weighted by molar-refractivity contribution is -0.114. The highest BCUT2D eigenvalue weighted by Crippen LogP contribution is 2.16. The quantitative estimate of drug-likeness (QED) is 0.795. The molecule has 1 unspecified atom stereocenters. The highest BCUT2D eigenvalue weighted by atomic mass is 16.5. The van der Waals surface area contributed by atoms with Crippen LogP contribution in [0.4, 0.5) is 5.69 Å². The Balaban J connectivity index is 2.48. The topological polar surface area (TPSA) is 64.3 Å². The molecule has 0 aromatic heterocycles. The van der Waals surface area contributed by atoms with E-state index < -0.39 is 0 Å². The summed E-state index contributed by atoms with van der Waals surface area (Å²) in [6, 6.07) is 7.27. The summed E-state index contributed by atoms with van der Waals surface area (Å²) in [6.07, 6.45) is 0.